The van der Waals surface area contributed by atoms with E-state index < -0.39 is 12.0 Å². The van der Waals surface area contributed by atoms with Crippen LogP contribution in [0.15, 0.2) is 71.9 Å². The number of aliphatic carboxylic acids is 1. The van der Waals surface area contributed by atoms with Crippen LogP contribution in [0.5, 0.6) is 0 Å². The molecule has 2 unspecified atom stereocenters. The van der Waals surface area contributed by atoms with Gasteiger partial charge in [-0.2, -0.15) is 0 Å². The van der Waals surface area contributed by atoms with Crippen molar-refractivity contribution in [3.63, 3.8) is 0 Å². The van der Waals surface area contributed by atoms with Crippen molar-refractivity contribution in [1.29, 1.82) is 0 Å². The van der Waals surface area contributed by atoms with E-state index in [2.05, 4.69) is 12.2 Å². The summed E-state index contributed by atoms with van der Waals surface area (Å²) in [6.07, 6.45) is 2.53. The number of carboxylic acid groups (broad SMARTS) is 1. The summed E-state index contributed by atoms with van der Waals surface area (Å²) in [5.74, 6) is -1.33. The minimum absolute atomic E-state index is 0.0212. The molecule has 0 aliphatic carbocycles. The highest BCUT2D eigenvalue weighted by Crippen LogP contribution is 2.41. The summed E-state index contributed by atoms with van der Waals surface area (Å²) in [7, 11) is 0. The molecule has 2 aromatic carbocycles. The molecule has 146 valence electrons. The number of nitrogens with one attached hydrogen (secondary N) is 1. The van der Waals surface area contributed by atoms with Gasteiger partial charge in [-0.05, 0) is 30.5 Å². The van der Waals surface area contributed by atoms with Crippen molar-refractivity contribution in [2.24, 2.45) is 0 Å². The average molecular weight is 378 g/mol. The van der Waals surface area contributed by atoms with Gasteiger partial charge in [-0.3, -0.25) is 4.79 Å². The molecule has 0 saturated carbocycles. The third-order valence-electron chi connectivity index (χ3n) is 5.14. The van der Waals surface area contributed by atoms with Gasteiger partial charge in [-0.25, -0.2) is 4.79 Å². The van der Waals surface area contributed by atoms with Gasteiger partial charge >= 0.3 is 5.97 Å². The van der Waals surface area contributed by atoms with Crippen LogP contribution in [0, 0.1) is 0 Å². The average Bonchev–Trinajstić information content (AvgIpc) is 3.00. The molecular formula is C23H26N2O3. The monoisotopic (exact) mass is 378 g/mol. The van der Waals surface area contributed by atoms with Crippen LogP contribution in [-0.2, 0) is 9.59 Å². The summed E-state index contributed by atoms with van der Waals surface area (Å²) in [5.41, 5.74) is 1.77. The van der Waals surface area contributed by atoms with Crippen LogP contribution in [0.1, 0.15) is 44.7 Å². The minimum Gasteiger partial charge on any atom is -0.478 e. The van der Waals surface area contributed by atoms with E-state index in [1.54, 1.807) is 4.90 Å². The zero-order valence-electron chi connectivity index (χ0n) is 16.3. The maximum atomic E-state index is 13.4. The first-order chi connectivity index (χ1) is 13.6. The Kier molecular flexibility index (Phi) is 6.14. The van der Waals surface area contributed by atoms with E-state index in [1.165, 1.54) is 0 Å². The smallest absolute Gasteiger partial charge is 0.336 e. The highest BCUT2D eigenvalue weighted by atomic mass is 16.4. The lowest BCUT2D eigenvalue weighted by Gasteiger charge is -2.33. The van der Waals surface area contributed by atoms with Gasteiger partial charge in [0.1, 0.15) is 5.70 Å². The number of carbonyl (C=O) groups is 2. The molecule has 0 fully saturated rings. The molecule has 0 aromatic heterocycles. The molecule has 1 amide bonds. The summed E-state index contributed by atoms with van der Waals surface area (Å²) in [4.78, 5) is 27.5. The molecule has 1 aliphatic heterocycles. The maximum Gasteiger partial charge on any atom is 0.336 e. The molecule has 1 aliphatic rings. The van der Waals surface area contributed by atoms with Crippen molar-refractivity contribution >= 4 is 17.6 Å². The number of nitrogens with zero attached hydrogens (tertiary/aromatic N) is 1. The fourth-order valence-electron chi connectivity index (χ4n) is 3.86. The number of carboxylic acids is 1. The second-order valence-electron chi connectivity index (χ2n) is 6.96. The summed E-state index contributed by atoms with van der Waals surface area (Å²) < 4.78 is 0. The van der Waals surface area contributed by atoms with Crippen LogP contribution in [-0.4, -0.2) is 27.9 Å². The predicted octanol–water partition coefficient (Wildman–Crippen LogP) is 4.60. The van der Waals surface area contributed by atoms with E-state index in [0.29, 0.717) is 5.69 Å². The van der Waals surface area contributed by atoms with Gasteiger partial charge in [0.15, 0.2) is 0 Å². The molecule has 1 heterocycles. The van der Waals surface area contributed by atoms with Crippen LogP contribution in [0.4, 0.5) is 5.69 Å². The van der Waals surface area contributed by atoms with Crippen molar-refractivity contribution in [1.82, 2.24) is 4.90 Å². The highest BCUT2D eigenvalue weighted by Gasteiger charge is 2.45. The summed E-state index contributed by atoms with van der Waals surface area (Å²) in [6.45, 7) is 4.12. The standard InChI is InChI=1S/C23H26N2O3/c1-3-11-18(4-2)25-21(16-12-7-5-8-13-16)19(23(27)28)20(22(25)26)24-17-14-9-6-10-15-17/h5-10,12-15,18,21,24H,3-4,11H2,1-2H3,(H,27,28). The van der Waals surface area contributed by atoms with Crippen LogP contribution in [0.3, 0.4) is 0 Å². The number of rotatable bonds is 8. The number of carbonyl (C=O) groups excluding carboxylic acids is 1. The Morgan fingerprint density at radius 1 is 1.07 bits per heavy atom. The molecule has 3 rings (SSSR count). The number of amides is 1. The topological polar surface area (TPSA) is 69.6 Å². The normalized spacial score (nSPS) is 17.7. The van der Waals surface area contributed by atoms with Crippen molar-refractivity contribution in [2.75, 3.05) is 5.32 Å². The lowest BCUT2D eigenvalue weighted by molar-refractivity contribution is -0.133. The second-order valence-corrected chi connectivity index (χ2v) is 6.96. The zero-order chi connectivity index (χ0) is 20.1. The van der Waals surface area contributed by atoms with Gasteiger partial charge in [0, 0.05) is 11.7 Å². The SMILES string of the molecule is CCCC(CC)N1C(=O)C(Nc2ccccc2)=C(C(=O)O)C1c1ccccc1. The predicted molar refractivity (Wildman–Crippen MR) is 110 cm³/mol. The Hall–Kier alpha value is -3.08. The maximum absolute atomic E-state index is 13.4. The Bertz CT molecular complexity index is 862. The molecule has 0 bridgehead atoms. The molecule has 28 heavy (non-hydrogen) atoms. The molecule has 0 radical (unpaired) electrons. The Labute approximate surface area is 165 Å². The van der Waals surface area contributed by atoms with Crippen molar-refractivity contribution in [3.05, 3.63) is 77.5 Å². The molecule has 5 nitrogen and oxygen atoms in total. The molecular weight excluding hydrogens is 352 g/mol. The Balaban J connectivity index is 2.13. The number of benzene rings is 2. The van der Waals surface area contributed by atoms with Gasteiger partial charge < -0.3 is 15.3 Å². The fourth-order valence-corrected chi connectivity index (χ4v) is 3.86. The fraction of sp³-hybridized carbons (Fsp3) is 0.304. The number of hydrogen-bond acceptors (Lipinski definition) is 3. The van der Waals surface area contributed by atoms with Crippen molar-refractivity contribution < 1.29 is 14.7 Å². The highest BCUT2D eigenvalue weighted by molar-refractivity contribution is 6.09. The largest absolute Gasteiger partial charge is 0.478 e. The van der Waals surface area contributed by atoms with Crippen LogP contribution in [0.2, 0.25) is 0 Å². The van der Waals surface area contributed by atoms with E-state index in [9.17, 15) is 14.7 Å². The van der Waals surface area contributed by atoms with Gasteiger partial charge in [-0.1, -0.05) is 68.8 Å². The van der Waals surface area contributed by atoms with E-state index in [0.717, 1.165) is 24.8 Å². The third-order valence-corrected chi connectivity index (χ3v) is 5.14. The first kappa shape index (κ1) is 19.7. The quantitative estimate of drug-likeness (QED) is 0.704. The van der Waals surface area contributed by atoms with Crippen molar-refractivity contribution in [2.45, 2.75) is 45.2 Å². The molecule has 2 atom stereocenters. The molecule has 2 aromatic rings. The summed E-state index contributed by atoms with van der Waals surface area (Å²) >= 11 is 0. The van der Waals surface area contributed by atoms with Crippen LogP contribution < -0.4 is 5.32 Å². The molecule has 0 saturated heterocycles. The molecule has 5 heteroatoms. The van der Waals surface area contributed by atoms with E-state index >= 15 is 0 Å². The molecule has 2 N–H and O–H groups in total. The minimum atomic E-state index is -1.07. The van der Waals surface area contributed by atoms with Gasteiger partial charge in [0.25, 0.3) is 5.91 Å². The first-order valence-corrected chi connectivity index (χ1v) is 9.75. The van der Waals surface area contributed by atoms with Crippen molar-refractivity contribution in [3.8, 4) is 0 Å². The number of anilines is 1. The Morgan fingerprint density at radius 3 is 2.21 bits per heavy atom. The van der Waals surface area contributed by atoms with E-state index in [-0.39, 0.29) is 23.2 Å². The van der Waals surface area contributed by atoms with E-state index in [1.807, 2.05) is 67.6 Å². The number of para-hydroxylation sites is 1. The summed E-state index contributed by atoms with van der Waals surface area (Å²) in [5, 5.41) is 13.1. The van der Waals surface area contributed by atoms with Crippen LogP contribution >= 0.6 is 0 Å². The number of hydrogen-bond donors (Lipinski definition) is 2. The van der Waals surface area contributed by atoms with Gasteiger partial charge in [0.2, 0.25) is 0 Å². The van der Waals surface area contributed by atoms with Gasteiger partial charge in [-0.15, -0.1) is 0 Å². The Morgan fingerprint density at radius 2 is 1.68 bits per heavy atom. The second kappa shape index (κ2) is 8.74. The van der Waals surface area contributed by atoms with Crippen LogP contribution in [0.25, 0.3) is 0 Å². The van der Waals surface area contributed by atoms with Gasteiger partial charge in [0.05, 0.1) is 11.6 Å². The first-order valence-electron chi connectivity index (χ1n) is 9.75. The van der Waals surface area contributed by atoms with E-state index in [4.69, 9.17) is 0 Å². The zero-order valence-corrected chi connectivity index (χ0v) is 16.3. The molecule has 0 spiro atoms. The third kappa shape index (κ3) is 3.79. The lowest BCUT2D eigenvalue weighted by Crippen LogP contribution is -2.40. The lowest BCUT2D eigenvalue weighted by atomic mass is 9.96. The summed E-state index contributed by atoms with van der Waals surface area (Å²) in [6, 6.07) is 18.0.